The lowest BCUT2D eigenvalue weighted by molar-refractivity contribution is 0.0725. The van der Waals surface area contributed by atoms with E-state index in [1.807, 2.05) is 62.4 Å². The number of unbranched alkanes of at least 4 members (excludes halogenated alkanes) is 18. The van der Waals surface area contributed by atoms with Gasteiger partial charge < -0.3 is 23.7 Å². The van der Waals surface area contributed by atoms with Gasteiger partial charge in [-0.3, -0.25) is 0 Å². The molecule has 0 saturated carbocycles. The number of hydrogen-bond donors (Lipinski definition) is 0. The first-order chi connectivity index (χ1) is 29.9. The van der Waals surface area contributed by atoms with Crippen molar-refractivity contribution in [2.45, 2.75) is 169 Å². The Balaban J connectivity index is 1.07. The minimum Gasteiger partial charge on any atom is -0.494 e. The molecule has 0 aromatic heterocycles. The molecule has 1 aliphatic heterocycles. The molecule has 1 heterocycles. The molecule has 0 spiro atoms. The first kappa shape index (κ1) is 47.4. The van der Waals surface area contributed by atoms with E-state index in [4.69, 9.17) is 23.7 Å². The summed E-state index contributed by atoms with van der Waals surface area (Å²) in [5, 5.41) is 0. The molecule has 0 radical (unpaired) electrons. The van der Waals surface area contributed by atoms with Crippen LogP contribution in [-0.4, -0.2) is 25.2 Å². The zero-order valence-corrected chi connectivity index (χ0v) is 37.8. The van der Waals surface area contributed by atoms with Crippen molar-refractivity contribution < 1.29 is 33.3 Å². The van der Waals surface area contributed by atoms with Gasteiger partial charge in [-0.15, -0.1) is 0 Å². The lowest BCUT2D eigenvalue weighted by Crippen LogP contribution is -2.10. The molecule has 1 aliphatic rings. The molecule has 0 bridgehead atoms. The summed E-state index contributed by atoms with van der Waals surface area (Å²) in [7, 11) is 0. The highest BCUT2D eigenvalue weighted by molar-refractivity contribution is 5.92. The molecule has 61 heavy (non-hydrogen) atoms. The van der Waals surface area contributed by atoms with Gasteiger partial charge in [0.05, 0.1) is 37.6 Å². The topological polar surface area (TPSA) is 80.3 Å². The SMILES string of the molecule is CCCCCCCCCCCCOc1ccc(C(=O)Oc2cc(C)c3c(c2)COCc2cc(OC(=O)c4ccc(OCCCCCCCCCCCC)cc4)cc(C)c2-3)cc1. The van der Waals surface area contributed by atoms with Crippen LogP contribution < -0.4 is 18.9 Å². The van der Waals surface area contributed by atoms with Gasteiger partial charge in [0.1, 0.15) is 23.0 Å². The normalized spacial score (nSPS) is 12.0. The number of ether oxygens (including phenoxy) is 5. The average molecular weight is 833 g/mol. The number of carbonyl (C=O) groups excluding carboxylic acids is 2. The third-order valence-electron chi connectivity index (χ3n) is 11.7. The van der Waals surface area contributed by atoms with E-state index < -0.39 is 11.9 Å². The molecule has 5 rings (SSSR count). The molecule has 0 unspecified atom stereocenters. The molecule has 0 atom stereocenters. The van der Waals surface area contributed by atoms with Gasteiger partial charge >= 0.3 is 11.9 Å². The van der Waals surface area contributed by atoms with E-state index >= 15 is 0 Å². The van der Waals surface area contributed by atoms with E-state index in [1.165, 1.54) is 116 Å². The van der Waals surface area contributed by atoms with Gasteiger partial charge in [-0.1, -0.05) is 129 Å². The second-order valence-electron chi connectivity index (χ2n) is 16.9. The average Bonchev–Trinajstić information content (AvgIpc) is 3.45. The van der Waals surface area contributed by atoms with Crippen molar-refractivity contribution in [3.05, 3.63) is 106 Å². The van der Waals surface area contributed by atoms with Crippen LogP contribution in [-0.2, 0) is 18.0 Å². The second-order valence-corrected chi connectivity index (χ2v) is 16.9. The minimum atomic E-state index is -0.426. The molecule has 0 amide bonds. The maximum atomic E-state index is 13.2. The van der Waals surface area contributed by atoms with Crippen LogP contribution in [0, 0.1) is 13.8 Å². The summed E-state index contributed by atoms with van der Waals surface area (Å²) in [5.74, 6) is 1.59. The Morgan fingerprint density at radius 1 is 0.443 bits per heavy atom. The molecule has 0 N–H and O–H groups in total. The van der Waals surface area contributed by atoms with Gasteiger partial charge in [-0.25, -0.2) is 9.59 Å². The van der Waals surface area contributed by atoms with Crippen molar-refractivity contribution in [3.63, 3.8) is 0 Å². The summed E-state index contributed by atoms with van der Waals surface area (Å²) in [5.41, 5.74) is 6.79. The number of hydrogen-bond acceptors (Lipinski definition) is 7. The van der Waals surface area contributed by atoms with E-state index in [-0.39, 0.29) is 0 Å². The van der Waals surface area contributed by atoms with Crippen molar-refractivity contribution in [1.29, 1.82) is 0 Å². The summed E-state index contributed by atoms with van der Waals surface area (Å²) >= 11 is 0. The summed E-state index contributed by atoms with van der Waals surface area (Å²) in [6.07, 6.45) is 25.7. The zero-order chi connectivity index (χ0) is 43.1. The number of esters is 2. The zero-order valence-electron chi connectivity index (χ0n) is 37.8. The monoisotopic (exact) mass is 833 g/mol. The summed E-state index contributed by atoms with van der Waals surface area (Å²) in [6, 6.07) is 21.9. The lowest BCUT2D eigenvalue weighted by atomic mass is 9.89. The minimum absolute atomic E-state index is 0.351. The standard InChI is InChI=1S/C54H72O7/c1-5-7-9-11-13-15-17-19-21-23-33-58-47-29-25-43(26-30-47)53(55)60-49-35-41(3)51-45(37-49)39-57-40-46-38-50(36-42(4)52(46)51)61-54(56)44-27-31-48(32-28-44)59-34-24-22-20-18-16-14-12-10-8-6-2/h25-32,35-38H,5-24,33-34,39-40H2,1-4H3. The predicted octanol–water partition coefficient (Wildman–Crippen LogP) is 15.0. The fraction of sp³-hybridized carbons (Fsp3) is 0.519. The Kier molecular flexibility index (Phi) is 20.7. The van der Waals surface area contributed by atoms with Crippen LogP contribution in [0.25, 0.3) is 11.1 Å². The van der Waals surface area contributed by atoms with Crippen LogP contribution in [0.5, 0.6) is 23.0 Å². The van der Waals surface area contributed by atoms with Gasteiger partial charge in [0.2, 0.25) is 0 Å². The van der Waals surface area contributed by atoms with Gasteiger partial charge in [0.15, 0.2) is 0 Å². The third-order valence-corrected chi connectivity index (χ3v) is 11.7. The lowest BCUT2D eigenvalue weighted by Gasteiger charge is -2.17. The van der Waals surface area contributed by atoms with E-state index in [2.05, 4.69) is 13.8 Å². The fourth-order valence-electron chi connectivity index (χ4n) is 8.25. The summed E-state index contributed by atoms with van der Waals surface area (Å²) in [4.78, 5) is 26.4. The highest BCUT2D eigenvalue weighted by atomic mass is 16.5. The molecule has 4 aromatic rings. The number of rotatable bonds is 28. The molecule has 0 saturated heterocycles. The van der Waals surface area contributed by atoms with Crippen molar-refractivity contribution in [2.75, 3.05) is 13.2 Å². The fourth-order valence-corrected chi connectivity index (χ4v) is 8.25. The van der Waals surface area contributed by atoms with Crippen LogP contribution in [0.3, 0.4) is 0 Å². The van der Waals surface area contributed by atoms with E-state index in [0.29, 0.717) is 49.1 Å². The van der Waals surface area contributed by atoms with Gasteiger partial charge in [0, 0.05) is 0 Å². The van der Waals surface area contributed by atoms with Crippen LogP contribution in [0.15, 0.2) is 72.8 Å². The highest BCUT2D eigenvalue weighted by Gasteiger charge is 2.23. The molecule has 330 valence electrons. The molecular formula is C54H72O7. The quantitative estimate of drug-likeness (QED) is 0.0320. The molecular weight excluding hydrogens is 761 g/mol. The summed E-state index contributed by atoms with van der Waals surface area (Å²) in [6.45, 7) is 10.6. The largest absolute Gasteiger partial charge is 0.494 e. The van der Waals surface area contributed by atoms with Crippen molar-refractivity contribution in [2.24, 2.45) is 0 Å². The second kappa shape index (κ2) is 26.7. The Bertz CT molecular complexity index is 1770. The predicted molar refractivity (Wildman–Crippen MR) is 247 cm³/mol. The van der Waals surface area contributed by atoms with E-state index in [0.717, 1.165) is 57.7 Å². The third kappa shape index (κ3) is 16.0. The Morgan fingerprint density at radius 3 is 1.11 bits per heavy atom. The Hall–Kier alpha value is -4.62. The molecule has 7 heteroatoms. The van der Waals surface area contributed by atoms with Crippen molar-refractivity contribution >= 4 is 11.9 Å². The van der Waals surface area contributed by atoms with Crippen LogP contribution in [0.1, 0.15) is 185 Å². The van der Waals surface area contributed by atoms with E-state index in [9.17, 15) is 9.59 Å². The van der Waals surface area contributed by atoms with Gasteiger partial charge in [0.25, 0.3) is 0 Å². The van der Waals surface area contributed by atoms with Crippen LogP contribution in [0.2, 0.25) is 0 Å². The van der Waals surface area contributed by atoms with Crippen LogP contribution in [0.4, 0.5) is 0 Å². The smallest absolute Gasteiger partial charge is 0.343 e. The van der Waals surface area contributed by atoms with Crippen molar-refractivity contribution in [3.8, 4) is 34.1 Å². The van der Waals surface area contributed by atoms with Gasteiger partial charge in [-0.05, 0) is 133 Å². The van der Waals surface area contributed by atoms with E-state index in [1.54, 1.807) is 24.3 Å². The van der Waals surface area contributed by atoms with Gasteiger partial charge in [-0.2, -0.15) is 0 Å². The number of benzene rings is 4. The maximum Gasteiger partial charge on any atom is 0.343 e. The molecule has 0 fully saturated rings. The Morgan fingerprint density at radius 2 is 0.770 bits per heavy atom. The first-order valence-electron chi connectivity index (χ1n) is 23.6. The molecule has 0 aliphatic carbocycles. The van der Waals surface area contributed by atoms with Crippen molar-refractivity contribution in [1.82, 2.24) is 0 Å². The highest BCUT2D eigenvalue weighted by Crippen LogP contribution is 2.40. The van der Waals surface area contributed by atoms with Crippen LogP contribution >= 0.6 is 0 Å². The maximum absolute atomic E-state index is 13.2. The number of carbonyl (C=O) groups is 2. The first-order valence-corrected chi connectivity index (χ1v) is 23.6. The summed E-state index contributed by atoms with van der Waals surface area (Å²) < 4.78 is 29.8. The number of aryl methyl sites for hydroxylation is 2. The number of fused-ring (bicyclic) bond motifs is 3. The Labute approximate surface area is 366 Å². The molecule has 7 nitrogen and oxygen atoms in total. The molecule has 4 aromatic carbocycles.